The lowest BCUT2D eigenvalue weighted by Crippen LogP contribution is -2.45. The molecule has 2 rings (SSSR count). The van der Waals surface area contributed by atoms with Gasteiger partial charge in [-0.1, -0.05) is 0 Å². The van der Waals surface area contributed by atoms with Gasteiger partial charge in [-0.2, -0.15) is 0 Å². The molecule has 0 aromatic carbocycles. The van der Waals surface area contributed by atoms with Crippen LogP contribution in [0.4, 0.5) is 0 Å². The normalized spacial score (nSPS) is 21.4. The van der Waals surface area contributed by atoms with E-state index in [-0.39, 0.29) is 12.0 Å². The number of carbonyl (C=O) groups excluding carboxylic acids is 1. The summed E-state index contributed by atoms with van der Waals surface area (Å²) >= 11 is 5.59. The lowest BCUT2D eigenvalue weighted by Gasteiger charge is -2.30. The fourth-order valence-corrected chi connectivity index (χ4v) is 2.79. The minimum Gasteiger partial charge on any atom is -0.374 e. The van der Waals surface area contributed by atoms with E-state index in [0.717, 1.165) is 24.6 Å². The number of rotatable bonds is 3. The summed E-state index contributed by atoms with van der Waals surface area (Å²) in [6.45, 7) is 3.11. The third-order valence-corrected chi connectivity index (χ3v) is 4.00. The standard InChI is InChI=1S/C11H16N2O2S2/c1-13-2-3-15-8(6-13)5-12-11(14)10-4-9(16)7-17-10/h4,7-8,16H,2-3,5-6H2,1H3,(H,12,14). The summed E-state index contributed by atoms with van der Waals surface area (Å²) < 4.78 is 5.57. The van der Waals surface area contributed by atoms with E-state index in [0.29, 0.717) is 11.4 Å². The summed E-state index contributed by atoms with van der Waals surface area (Å²) in [7, 11) is 2.06. The van der Waals surface area contributed by atoms with Crippen LogP contribution in [-0.2, 0) is 4.74 Å². The summed E-state index contributed by atoms with van der Waals surface area (Å²) in [5.74, 6) is -0.0490. The smallest absolute Gasteiger partial charge is 0.261 e. The largest absolute Gasteiger partial charge is 0.374 e. The molecule has 1 saturated heterocycles. The Labute approximate surface area is 110 Å². The quantitative estimate of drug-likeness (QED) is 0.810. The highest BCUT2D eigenvalue weighted by atomic mass is 32.1. The van der Waals surface area contributed by atoms with Crippen LogP contribution in [0.25, 0.3) is 0 Å². The molecule has 6 heteroatoms. The number of carbonyl (C=O) groups is 1. The number of morpholine rings is 1. The first kappa shape index (κ1) is 12.9. The van der Waals surface area contributed by atoms with E-state index >= 15 is 0 Å². The van der Waals surface area contributed by atoms with Crippen molar-refractivity contribution >= 4 is 29.9 Å². The van der Waals surface area contributed by atoms with Crippen molar-refractivity contribution in [3.8, 4) is 0 Å². The number of ether oxygens (including phenoxy) is 1. The predicted molar refractivity (Wildman–Crippen MR) is 71.1 cm³/mol. The van der Waals surface area contributed by atoms with E-state index < -0.39 is 0 Å². The van der Waals surface area contributed by atoms with Crippen molar-refractivity contribution in [2.24, 2.45) is 0 Å². The first-order chi connectivity index (χ1) is 8.15. The van der Waals surface area contributed by atoms with Crippen LogP contribution in [0.5, 0.6) is 0 Å². The number of thiophene rings is 1. The van der Waals surface area contributed by atoms with Crippen LogP contribution in [0.3, 0.4) is 0 Å². The predicted octanol–water partition coefficient (Wildman–Crippen LogP) is 1.10. The van der Waals surface area contributed by atoms with Crippen LogP contribution in [0, 0.1) is 0 Å². The summed E-state index contributed by atoms with van der Waals surface area (Å²) in [5.41, 5.74) is 0. The van der Waals surface area contributed by atoms with Crippen LogP contribution in [0.15, 0.2) is 16.3 Å². The molecule has 1 aliphatic rings. The van der Waals surface area contributed by atoms with Crippen molar-refractivity contribution in [1.29, 1.82) is 0 Å². The molecule has 1 atom stereocenters. The van der Waals surface area contributed by atoms with Gasteiger partial charge in [-0.25, -0.2) is 0 Å². The Morgan fingerprint density at radius 1 is 1.76 bits per heavy atom. The van der Waals surface area contributed by atoms with Gasteiger partial charge in [-0.05, 0) is 13.1 Å². The molecule has 1 aromatic heterocycles. The van der Waals surface area contributed by atoms with Gasteiger partial charge in [-0.3, -0.25) is 4.79 Å². The van der Waals surface area contributed by atoms with Crippen molar-refractivity contribution < 1.29 is 9.53 Å². The van der Waals surface area contributed by atoms with Crippen molar-refractivity contribution in [3.63, 3.8) is 0 Å². The average molecular weight is 272 g/mol. The minimum atomic E-state index is -0.0490. The number of hydrogen-bond donors (Lipinski definition) is 2. The number of nitrogens with zero attached hydrogens (tertiary/aromatic N) is 1. The molecule has 1 unspecified atom stereocenters. The molecule has 1 aromatic rings. The Morgan fingerprint density at radius 3 is 3.24 bits per heavy atom. The number of hydrogen-bond acceptors (Lipinski definition) is 5. The molecule has 2 heterocycles. The zero-order valence-electron chi connectivity index (χ0n) is 9.68. The van der Waals surface area contributed by atoms with Gasteiger partial charge < -0.3 is 15.0 Å². The van der Waals surface area contributed by atoms with Gasteiger partial charge in [-0.15, -0.1) is 24.0 Å². The number of amides is 1. The molecule has 0 radical (unpaired) electrons. The molecular weight excluding hydrogens is 256 g/mol. The highest BCUT2D eigenvalue weighted by Crippen LogP contribution is 2.17. The van der Waals surface area contributed by atoms with Crippen LogP contribution >= 0.6 is 24.0 Å². The van der Waals surface area contributed by atoms with Crippen LogP contribution in [0.1, 0.15) is 9.67 Å². The van der Waals surface area contributed by atoms with E-state index in [2.05, 4.69) is 29.9 Å². The van der Waals surface area contributed by atoms with Crippen molar-refractivity contribution in [2.45, 2.75) is 11.0 Å². The van der Waals surface area contributed by atoms with Gasteiger partial charge in [0.1, 0.15) is 0 Å². The molecule has 94 valence electrons. The molecule has 4 nitrogen and oxygen atoms in total. The fourth-order valence-electron chi connectivity index (χ4n) is 1.73. The molecule has 17 heavy (non-hydrogen) atoms. The molecular formula is C11H16N2O2S2. The highest BCUT2D eigenvalue weighted by Gasteiger charge is 2.18. The first-order valence-electron chi connectivity index (χ1n) is 5.51. The van der Waals surface area contributed by atoms with Crippen molar-refractivity contribution in [3.05, 3.63) is 16.3 Å². The fraction of sp³-hybridized carbons (Fsp3) is 0.545. The van der Waals surface area contributed by atoms with E-state index in [1.807, 2.05) is 5.38 Å². The summed E-state index contributed by atoms with van der Waals surface area (Å²) in [5, 5.41) is 4.74. The van der Waals surface area contributed by atoms with Gasteiger partial charge in [0.05, 0.1) is 17.6 Å². The Balaban J connectivity index is 1.80. The Kier molecular flexibility index (Phi) is 4.44. The molecule has 0 aliphatic carbocycles. The molecule has 1 fully saturated rings. The minimum absolute atomic E-state index is 0.0490. The second-order valence-corrected chi connectivity index (χ2v) is 5.56. The molecule has 1 aliphatic heterocycles. The molecule has 0 spiro atoms. The second-order valence-electron chi connectivity index (χ2n) is 4.13. The monoisotopic (exact) mass is 272 g/mol. The van der Waals surface area contributed by atoms with E-state index in [4.69, 9.17) is 4.74 Å². The van der Waals surface area contributed by atoms with Crippen molar-refractivity contribution in [2.75, 3.05) is 33.3 Å². The third-order valence-electron chi connectivity index (χ3n) is 2.64. The maximum Gasteiger partial charge on any atom is 0.261 e. The number of thiol groups is 1. The second kappa shape index (κ2) is 5.86. The zero-order valence-corrected chi connectivity index (χ0v) is 11.4. The van der Waals surface area contributed by atoms with Crippen LogP contribution in [-0.4, -0.2) is 50.2 Å². The molecule has 0 saturated carbocycles. The Morgan fingerprint density at radius 2 is 2.59 bits per heavy atom. The van der Waals surface area contributed by atoms with E-state index in [9.17, 15) is 4.79 Å². The van der Waals surface area contributed by atoms with Gasteiger partial charge >= 0.3 is 0 Å². The third kappa shape index (κ3) is 3.70. The lowest BCUT2D eigenvalue weighted by molar-refractivity contribution is -0.0174. The number of nitrogens with one attached hydrogen (secondary N) is 1. The van der Waals surface area contributed by atoms with Gasteiger partial charge in [0.15, 0.2) is 0 Å². The lowest BCUT2D eigenvalue weighted by atomic mass is 10.3. The Bertz CT molecular complexity index is 395. The topological polar surface area (TPSA) is 41.6 Å². The van der Waals surface area contributed by atoms with Gasteiger partial charge in [0.2, 0.25) is 0 Å². The van der Waals surface area contributed by atoms with Crippen LogP contribution < -0.4 is 5.32 Å². The summed E-state index contributed by atoms with van der Waals surface area (Å²) in [6.07, 6.45) is 0.0909. The average Bonchev–Trinajstić information content (AvgIpc) is 2.73. The van der Waals surface area contributed by atoms with Crippen LogP contribution in [0.2, 0.25) is 0 Å². The Hall–Kier alpha value is -0.560. The first-order valence-corrected chi connectivity index (χ1v) is 6.83. The number of likely N-dealkylation sites (N-methyl/N-ethyl adjacent to an activating group) is 1. The van der Waals surface area contributed by atoms with Gasteiger partial charge in [0, 0.05) is 29.9 Å². The maximum absolute atomic E-state index is 11.8. The SMILES string of the molecule is CN1CCOC(CNC(=O)c2cc(S)cs2)C1. The van der Waals surface area contributed by atoms with E-state index in [1.54, 1.807) is 6.07 Å². The molecule has 1 N–H and O–H groups in total. The van der Waals surface area contributed by atoms with E-state index in [1.165, 1.54) is 11.3 Å². The summed E-state index contributed by atoms with van der Waals surface area (Å²) in [4.78, 5) is 15.5. The molecule has 0 bridgehead atoms. The van der Waals surface area contributed by atoms with Gasteiger partial charge in [0.25, 0.3) is 5.91 Å². The highest BCUT2D eigenvalue weighted by molar-refractivity contribution is 7.80. The zero-order chi connectivity index (χ0) is 12.3. The maximum atomic E-state index is 11.8. The summed E-state index contributed by atoms with van der Waals surface area (Å²) in [6, 6.07) is 1.77. The molecule has 1 amide bonds. The van der Waals surface area contributed by atoms with Crippen molar-refractivity contribution in [1.82, 2.24) is 10.2 Å².